The molecule has 4 nitrogen and oxygen atoms in total. The van der Waals surface area contributed by atoms with E-state index >= 15 is 0 Å². The molecule has 100 valence electrons. The van der Waals surface area contributed by atoms with Gasteiger partial charge in [-0.1, -0.05) is 15.9 Å². The van der Waals surface area contributed by atoms with E-state index < -0.39 is 0 Å². The molecule has 0 fully saturated rings. The highest BCUT2D eigenvalue weighted by molar-refractivity contribution is 9.10. The van der Waals surface area contributed by atoms with Gasteiger partial charge in [0.05, 0.1) is 18.4 Å². The number of hydrogen-bond acceptors (Lipinski definition) is 3. The molecule has 0 spiro atoms. The summed E-state index contributed by atoms with van der Waals surface area (Å²) in [4.78, 5) is 11.9. The first-order chi connectivity index (χ1) is 9.10. The molecule has 1 heterocycles. The van der Waals surface area contributed by atoms with Gasteiger partial charge < -0.3 is 5.32 Å². The number of nitrogens with one attached hydrogen (secondary N) is 1. The molecule has 0 aliphatic rings. The minimum absolute atomic E-state index is 0.226. The largest absolute Gasteiger partial charge is 0.384 e. The Morgan fingerprint density at radius 1 is 1.42 bits per heavy atom. The monoisotopic (exact) mass is 325 g/mol. The van der Waals surface area contributed by atoms with Crippen molar-refractivity contribution in [2.45, 2.75) is 13.5 Å². The molecule has 0 saturated carbocycles. The number of halogens is 2. The van der Waals surface area contributed by atoms with Crippen molar-refractivity contribution in [2.24, 2.45) is 0 Å². The van der Waals surface area contributed by atoms with Gasteiger partial charge in [-0.3, -0.25) is 4.79 Å². The number of anilines is 1. The molecule has 0 saturated heterocycles. The van der Waals surface area contributed by atoms with Gasteiger partial charge in [0.15, 0.2) is 0 Å². The number of rotatable bonds is 4. The van der Waals surface area contributed by atoms with Crippen molar-refractivity contribution in [1.29, 1.82) is 0 Å². The van der Waals surface area contributed by atoms with Crippen LogP contribution in [-0.4, -0.2) is 16.3 Å². The Morgan fingerprint density at radius 3 is 2.89 bits per heavy atom. The third kappa shape index (κ3) is 3.41. The van der Waals surface area contributed by atoms with Gasteiger partial charge in [0.25, 0.3) is 5.56 Å². The molecule has 0 unspecified atom stereocenters. The highest BCUT2D eigenvalue weighted by Crippen LogP contribution is 2.18. The van der Waals surface area contributed by atoms with Crippen LogP contribution in [0.4, 0.5) is 10.1 Å². The molecular formula is C13H13BrFN3O. The van der Waals surface area contributed by atoms with Crippen molar-refractivity contribution in [2.75, 3.05) is 11.9 Å². The third-order valence-corrected chi connectivity index (χ3v) is 3.35. The summed E-state index contributed by atoms with van der Waals surface area (Å²) in [6.07, 6.45) is 1.58. The first kappa shape index (κ1) is 13.7. The van der Waals surface area contributed by atoms with Crippen molar-refractivity contribution >= 4 is 21.6 Å². The Bertz CT molecular complexity index is 642. The zero-order valence-corrected chi connectivity index (χ0v) is 11.9. The van der Waals surface area contributed by atoms with Crippen LogP contribution in [0, 0.1) is 5.82 Å². The third-order valence-electron chi connectivity index (χ3n) is 2.58. The Balaban J connectivity index is 2.28. The van der Waals surface area contributed by atoms with Crippen LogP contribution in [0.3, 0.4) is 0 Å². The first-order valence-corrected chi connectivity index (χ1v) is 6.64. The maximum absolute atomic E-state index is 13.2. The average molecular weight is 326 g/mol. The normalized spacial score (nSPS) is 10.5. The second-order valence-corrected chi connectivity index (χ2v) is 4.86. The van der Waals surface area contributed by atoms with E-state index in [9.17, 15) is 9.18 Å². The molecule has 1 aromatic carbocycles. The molecular weight excluding hydrogens is 313 g/mol. The fourth-order valence-electron chi connectivity index (χ4n) is 1.68. The van der Waals surface area contributed by atoms with Crippen molar-refractivity contribution < 1.29 is 4.39 Å². The lowest BCUT2D eigenvalue weighted by molar-refractivity contribution is 0.609. The zero-order chi connectivity index (χ0) is 13.8. The number of nitrogens with zero attached hydrogens (tertiary/aromatic N) is 2. The van der Waals surface area contributed by atoms with E-state index in [0.717, 1.165) is 11.0 Å². The Kier molecular flexibility index (Phi) is 4.31. The van der Waals surface area contributed by atoms with E-state index in [0.29, 0.717) is 11.3 Å². The number of aromatic nitrogens is 2. The second kappa shape index (κ2) is 5.97. The van der Waals surface area contributed by atoms with Gasteiger partial charge in [0, 0.05) is 17.1 Å². The maximum atomic E-state index is 13.2. The molecule has 6 heteroatoms. The number of hydrogen-bond donors (Lipinski definition) is 1. The fourth-order valence-corrected chi connectivity index (χ4v) is 2.05. The molecule has 0 aliphatic heterocycles. The van der Waals surface area contributed by atoms with E-state index in [1.807, 2.05) is 6.92 Å². The second-order valence-electron chi connectivity index (χ2n) is 4.01. The van der Waals surface area contributed by atoms with Crippen LogP contribution in [0.2, 0.25) is 0 Å². The van der Waals surface area contributed by atoms with Crippen LogP contribution < -0.4 is 10.9 Å². The van der Waals surface area contributed by atoms with Crippen molar-refractivity contribution in [3.8, 4) is 0 Å². The van der Waals surface area contributed by atoms with Crippen LogP contribution in [0.25, 0.3) is 0 Å². The lowest BCUT2D eigenvalue weighted by Gasteiger charge is -2.08. The summed E-state index contributed by atoms with van der Waals surface area (Å²) < 4.78 is 15.2. The van der Waals surface area contributed by atoms with E-state index in [2.05, 4.69) is 26.3 Å². The van der Waals surface area contributed by atoms with Crippen LogP contribution >= 0.6 is 15.9 Å². The summed E-state index contributed by atoms with van der Waals surface area (Å²) in [5, 5.41) is 7.08. The van der Waals surface area contributed by atoms with Gasteiger partial charge >= 0.3 is 0 Å². The Hall–Kier alpha value is -1.69. The highest BCUT2D eigenvalue weighted by atomic mass is 79.9. The van der Waals surface area contributed by atoms with E-state index in [1.54, 1.807) is 12.3 Å². The molecule has 0 aliphatic carbocycles. The minimum atomic E-state index is -0.337. The Morgan fingerprint density at radius 2 is 2.21 bits per heavy atom. The summed E-state index contributed by atoms with van der Waals surface area (Å²) in [6.45, 7) is 2.89. The summed E-state index contributed by atoms with van der Waals surface area (Å²) >= 11 is 3.33. The van der Waals surface area contributed by atoms with Crippen LogP contribution in [-0.2, 0) is 6.54 Å². The molecule has 0 atom stereocenters. The topological polar surface area (TPSA) is 46.9 Å². The van der Waals surface area contributed by atoms with Gasteiger partial charge in [-0.05, 0) is 30.7 Å². The van der Waals surface area contributed by atoms with Crippen LogP contribution in [0.5, 0.6) is 0 Å². The molecule has 2 aromatic rings. The summed E-state index contributed by atoms with van der Waals surface area (Å²) in [5.74, 6) is -0.337. The van der Waals surface area contributed by atoms with E-state index in [4.69, 9.17) is 0 Å². The summed E-state index contributed by atoms with van der Waals surface area (Å²) in [5.41, 5.74) is 1.13. The molecule has 0 radical (unpaired) electrons. The van der Waals surface area contributed by atoms with E-state index in [1.165, 1.54) is 22.9 Å². The molecule has 1 aromatic heterocycles. The first-order valence-electron chi connectivity index (χ1n) is 5.85. The molecule has 19 heavy (non-hydrogen) atoms. The van der Waals surface area contributed by atoms with Crippen molar-refractivity contribution in [1.82, 2.24) is 9.78 Å². The molecule has 1 N–H and O–H groups in total. The van der Waals surface area contributed by atoms with Gasteiger partial charge in [-0.15, -0.1) is 0 Å². The fraction of sp³-hybridized carbons (Fsp3) is 0.231. The zero-order valence-electron chi connectivity index (χ0n) is 10.4. The van der Waals surface area contributed by atoms with E-state index in [-0.39, 0.29) is 17.9 Å². The van der Waals surface area contributed by atoms with Crippen LogP contribution in [0.1, 0.15) is 12.5 Å². The predicted molar refractivity (Wildman–Crippen MR) is 75.9 cm³/mol. The predicted octanol–water partition coefficient (Wildman–Crippen LogP) is 2.63. The quantitative estimate of drug-likeness (QED) is 0.940. The van der Waals surface area contributed by atoms with Gasteiger partial charge in [0.1, 0.15) is 5.82 Å². The SMILES string of the molecule is CCNc1cnn(Cc2cc(F)ccc2Br)c(=O)c1. The smallest absolute Gasteiger partial charge is 0.269 e. The van der Waals surface area contributed by atoms with Gasteiger partial charge in [0.2, 0.25) is 0 Å². The molecule has 0 amide bonds. The molecule has 0 bridgehead atoms. The van der Waals surface area contributed by atoms with Crippen molar-refractivity contribution in [3.63, 3.8) is 0 Å². The number of benzene rings is 1. The van der Waals surface area contributed by atoms with Gasteiger partial charge in [-0.2, -0.15) is 5.10 Å². The lowest BCUT2D eigenvalue weighted by atomic mass is 10.2. The Labute approximate surface area is 118 Å². The summed E-state index contributed by atoms with van der Waals surface area (Å²) in [7, 11) is 0. The minimum Gasteiger partial charge on any atom is -0.384 e. The van der Waals surface area contributed by atoms with Crippen molar-refractivity contribution in [3.05, 3.63) is 56.7 Å². The molecule has 2 rings (SSSR count). The maximum Gasteiger partial charge on any atom is 0.269 e. The standard InChI is InChI=1S/C13H13BrFN3O/c1-2-16-11-6-13(19)18(17-7-11)8-9-5-10(15)3-4-12(9)14/h3-7,16H,2,8H2,1H3. The lowest BCUT2D eigenvalue weighted by Crippen LogP contribution is -2.23. The average Bonchev–Trinajstić information content (AvgIpc) is 2.37. The summed E-state index contributed by atoms with van der Waals surface area (Å²) in [6, 6.07) is 5.83. The van der Waals surface area contributed by atoms with Gasteiger partial charge in [-0.25, -0.2) is 9.07 Å². The van der Waals surface area contributed by atoms with Crippen LogP contribution in [0.15, 0.2) is 39.7 Å². The highest BCUT2D eigenvalue weighted by Gasteiger charge is 2.05.